The van der Waals surface area contributed by atoms with Crippen LogP contribution in [0.25, 0.3) is 164 Å². The van der Waals surface area contributed by atoms with Crippen LogP contribution < -0.4 is 0 Å². The van der Waals surface area contributed by atoms with Crippen LogP contribution >= 0.6 is 0 Å². The first-order valence-corrected chi connectivity index (χ1v) is 27.0. The van der Waals surface area contributed by atoms with E-state index in [-0.39, 0.29) is 5.41 Å². The highest BCUT2D eigenvalue weighted by Crippen LogP contribution is 2.52. The third-order valence-corrected chi connectivity index (χ3v) is 18.4. The largest absolute Gasteiger partial charge is 0.309 e. The van der Waals surface area contributed by atoms with Crippen LogP contribution in [0.3, 0.4) is 0 Å². The first-order chi connectivity index (χ1) is 38.0. The van der Waals surface area contributed by atoms with Gasteiger partial charge in [-0.1, -0.05) is 159 Å². The highest BCUT2D eigenvalue weighted by molar-refractivity contribution is 6.31. The molecule has 0 saturated heterocycles. The van der Waals surface area contributed by atoms with Gasteiger partial charge in [0.05, 0.1) is 55.2 Å². The standard InChI is InChI=1S/C73H44N4/c1-73(2)59-39-43(74-61-23-8-3-15-47(61)48-16-4-9-24-62(48)74)29-31-45(59)46-32-30-44(40-60(46)73)75-64-26-11-6-18-55(64)69-50(20-14-28-66(69)75)51-33-34-54-58-36-42-37-67-57(53-22-13-21-52-49-17-5-10-25-63(49)76(67)71(52)53)35-41(42)38-68(58)77-65-27-12-7-19-56(65)70(51)72(54)77/h3-40H,1-2H3. The maximum Gasteiger partial charge on any atom is 0.0626 e. The number of rotatable bonds is 3. The molecule has 0 unspecified atom stereocenters. The number of aromatic nitrogens is 4. The molecule has 6 heterocycles. The first kappa shape index (κ1) is 40.5. The smallest absolute Gasteiger partial charge is 0.0626 e. The Bertz CT molecular complexity index is 5620. The van der Waals surface area contributed by atoms with Crippen molar-refractivity contribution in [2.24, 2.45) is 0 Å². The normalized spacial score (nSPS) is 13.7. The Hall–Kier alpha value is -9.90. The average Bonchev–Trinajstić information content (AvgIpc) is 4.45. The molecule has 0 spiro atoms. The third-order valence-electron chi connectivity index (χ3n) is 18.4. The summed E-state index contributed by atoms with van der Waals surface area (Å²) in [6, 6.07) is 87.3. The second-order valence-corrected chi connectivity index (χ2v) is 22.4. The number of hydrogen-bond donors (Lipinski definition) is 0. The third kappa shape index (κ3) is 4.87. The summed E-state index contributed by atoms with van der Waals surface area (Å²) in [5.41, 5.74) is 22.5. The van der Waals surface area contributed by atoms with Crippen molar-refractivity contribution < 1.29 is 0 Å². The molecule has 0 amide bonds. The van der Waals surface area contributed by atoms with Crippen molar-refractivity contribution in [1.29, 1.82) is 0 Å². The van der Waals surface area contributed by atoms with E-state index in [2.05, 4.69) is 262 Å². The number of hydrogen-bond acceptors (Lipinski definition) is 0. The fourth-order valence-electron chi connectivity index (χ4n) is 15.1. The number of nitrogens with zero attached hydrogens (tertiary/aromatic N) is 4. The predicted octanol–water partition coefficient (Wildman–Crippen LogP) is 19.3. The van der Waals surface area contributed by atoms with Crippen LogP contribution in [0.5, 0.6) is 0 Å². The molecule has 6 aromatic heterocycles. The van der Waals surface area contributed by atoms with Gasteiger partial charge in [-0.25, -0.2) is 0 Å². The van der Waals surface area contributed by atoms with Gasteiger partial charge < -0.3 is 17.9 Å². The molecule has 4 nitrogen and oxygen atoms in total. The maximum atomic E-state index is 2.56. The molecule has 0 bridgehead atoms. The minimum Gasteiger partial charge on any atom is -0.309 e. The van der Waals surface area contributed by atoms with Gasteiger partial charge in [-0.05, 0) is 129 Å². The van der Waals surface area contributed by atoms with Gasteiger partial charge in [0.15, 0.2) is 0 Å². The van der Waals surface area contributed by atoms with Crippen LogP contribution in [0, 0.1) is 0 Å². The van der Waals surface area contributed by atoms with Gasteiger partial charge >= 0.3 is 0 Å². The average molecular weight is 977 g/mol. The molecule has 0 fully saturated rings. The summed E-state index contributed by atoms with van der Waals surface area (Å²) in [6.45, 7) is 4.82. The fraction of sp³-hybridized carbons (Fsp3) is 0.0411. The number of fused-ring (bicyclic) bond motifs is 22. The summed E-state index contributed by atoms with van der Waals surface area (Å²) in [7, 11) is 0. The Morgan fingerprint density at radius 1 is 0.260 bits per heavy atom. The van der Waals surface area contributed by atoms with E-state index < -0.39 is 0 Å². The monoisotopic (exact) mass is 976 g/mol. The molecule has 0 N–H and O–H groups in total. The molecule has 18 aromatic rings. The van der Waals surface area contributed by atoms with E-state index >= 15 is 0 Å². The van der Waals surface area contributed by atoms with E-state index in [4.69, 9.17) is 0 Å². The van der Waals surface area contributed by atoms with Gasteiger partial charge in [-0.3, -0.25) is 0 Å². The molecule has 19 rings (SSSR count). The van der Waals surface area contributed by atoms with Crippen LogP contribution in [0.4, 0.5) is 0 Å². The van der Waals surface area contributed by atoms with Crippen molar-refractivity contribution in [1.82, 2.24) is 17.9 Å². The lowest BCUT2D eigenvalue weighted by atomic mass is 9.82. The van der Waals surface area contributed by atoms with Crippen molar-refractivity contribution in [3.8, 4) is 33.6 Å². The SMILES string of the molecule is CC1(C)c2cc(-n3c4ccccc4c4ccccc43)ccc2-c2ccc(-n3c4ccccc4c4c(-c5ccc6c7cc8cc9c(cc8cc7n7c8ccccc8c5c67)c5cccc6c7ccccc7n9c65)cccc43)cc21. The summed E-state index contributed by atoms with van der Waals surface area (Å²) in [6.07, 6.45) is 0. The molecule has 0 atom stereocenters. The van der Waals surface area contributed by atoms with Gasteiger partial charge in [0, 0.05) is 81.4 Å². The lowest BCUT2D eigenvalue weighted by molar-refractivity contribution is 0.659. The Balaban J connectivity index is 0.797. The van der Waals surface area contributed by atoms with Crippen LogP contribution in [0.15, 0.2) is 231 Å². The summed E-state index contributed by atoms with van der Waals surface area (Å²) in [5, 5.41) is 18.0. The molecule has 0 aliphatic heterocycles. The molecule has 1 aliphatic carbocycles. The van der Waals surface area contributed by atoms with Gasteiger partial charge in [-0.15, -0.1) is 0 Å². The quantitative estimate of drug-likeness (QED) is 0.168. The van der Waals surface area contributed by atoms with Gasteiger partial charge in [0.25, 0.3) is 0 Å². The Morgan fingerprint density at radius 2 is 0.662 bits per heavy atom. The number of benzene rings is 12. The zero-order chi connectivity index (χ0) is 50.2. The Kier molecular flexibility index (Phi) is 7.29. The molecular formula is C73H44N4. The molecule has 77 heavy (non-hydrogen) atoms. The van der Waals surface area contributed by atoms with E-state index in [1.807, 2.05) is 0 Å². The zero-order valence-corrected chi connectivity index (χ0v) is 42.2. The highest BCUT2D eigenvalue weighted by Gasteiger charge is 2.37. The lowest BCUT2D eigenvalue weighted by Gasteiger charge is -2.23. The van der Waals surface area contributed by atoms with E-state index in [0.29, 0.717) is 0 Å². The predicted molar refractivity (Wildman–Crippen MR) is 325 cm³/mol. The van der Waals surface area contributed by atoms with Gasteiger partial charge in [0.1, 0.15) is 0 Å². The van der Waals surface area contributed by atoms with Crippen molar-refractivity contribution >= 4 is 131 Å². The summed E-state index contributed by atoms with van der Waals surface area (Å²) >= 11 is 0. The fourth-order valence-corrected chi connectivity index (χ4v) is 15.1. The molecular weight excluding hydrogens is 933 g/mol. The molecule has 0 saturated carbocycles. The van der Waals surface area contributed by atoms with Crippen LogP contribution in [-0.2, 0) is 5.41 Å². The van der Waals surface area contributed by atoms with Crippen molar-refractivity contribution in [3.63, 3.8) is 0 Å². The zero-order valence-electron chi connectivity index (χ0n) is 42.2. The van der Waals surface area contributed by atoms with Crippen molar-refractivity contribution in [2.45, 2.75) is 19.3 Å². The van der Waals surface area contributed by atoms with Gasteiger partial charge in [0.2, 0.25) is 0 Å². The summed E-state index contributed by atoms with van der Waals surface area (Å²) in [5.74, 6) is 0. The second kappa shape index (κ2) is 13.9. The van der Waals surface area contributed by atoms with Crippen LogP contribution in [-0.4, -0.2) is 17.9 Å². The highest BCUT2D eigenvalue weighted by atomic mass is 15.0. The minimum absolute atomic E-state index is 0.230. The van der Waals surface area contributed by atoms with E-state index in [9.17, 15) is 0 Å². The topological polar surface area (TPSA) is 18.7 Å². The molecule has 356 valence electrons. The molecule has 4 heteroatoms. The van der Waals surface area contributed by atoms with E-state index in [1.165, 1.54) is 175 Å². The second-order valence-electron chi connectivity index (χ2n) is 22.4. The van der Waals surface area contributed by atoms with E-state index in [1.54, 1.807) is 0 Å². The Labute approximate surface area is 440 Å². The van der Waals surface area contributed by atoms with E-state index in [0.717, 1.165) is 0 Å². The summed E-state index contributed by atoms with van der Waals surface area (Å²) < 4.78 is 10.0. The number of para-hydroxylation sites is 6. The summed E-state index contributed by atoms with van der Waals surface area (Å²) in [4.78, 5) is 0. The first-order valence-electron chi connectivity index (χ1n) is 27.0. The lowest BCUT2D eigenvalue weighted by Crippen LogP contribution is -2.16. The minimum atomic E-state index is -0.230. The molecule has 1 aliphatic rings. The van der Waals surface area contributed by atoms with Crippen molar-refractivity contribution in [2.75, 3.05) is 0 Å². The van der Waals surface area contributed by atoms with Crippen LogP contribution in [0.2, 0.25) is 0 Å². The maximum absolute atomic E-state index is 2.56. The molecule has 0 radical (unpaired) electrons. The van der Waals surface area contributed by atoms with Crippen LogP contribution in [0.1, 0.15) is 25.0 Å². The van der Waals surface area contributed by atoms with Gasteiger partial charge in [-0.2, -0.15) is 0 Å². The molecule has 12 aromatic carbocycles. The van der Waals surface area contributed by atoms with Crippen molar-refractivity contribution in [3.05, 3.63) is 242 Å². The Morgan fingerprint density at radius 3 is 1.27 bits per heavy atom.